The summed E-state index contributed by atoms with van der Waals surface area (Å²) in [4.78, 5) is 29.0. The Kier molecular flexibility index (Phi) is 7.80. The minimum atomic E-state index is -0.135. The van der Waals surface area contributed by atoms with E-state index in [1.165, 1.54) is 0 Å². The number of aromatic nitrogens is 1. The van der Waals surface area contributed by atoms with Crippen LogP contribution in [0.2, 0.25) is 0 Å². The molecule has 0 saturated heterocycles. The molecule has 8 heteroatoms. The number of halogens is 1. The van der Waals surface area contributed by atoms with Crippen molar-refractivity contribution in [3.63, 3.8) is 0 Å². The molecule has 5 nitrogen and oxygen atoms in total. The molecule has 0 unspecified atom stereocenters. The number of carbonyl (C=O) groups is 2. The average Bonchev–Trinajstić information content (AvgIpc) is 3.22. The van der Waals surface area contributed by atoms with E-state index >= 15 is 0 Å². The fraction of sp³-hybridized carbons (Fsp3) is 0.160. The topological polar surface area (TPSA) is 71.1 Å². The number of nitrogens with zero attached hydrogens (tertiary/aromatic N) is 1. The molecule has 168 valence electrons. The number of benzene rings is 3. The van der Waals surface area contributed by atoms with Crippen LogP contribution in [-0.2, 0) is 10.5 Å². The third-order valence-corrected chi connectivity index (χ3v) is 7.57. The van der Waals surface area contributed by atoms with Gasteiger partial charge in [-0.2, -0.15) is 0 Å². The highest BCUT2D eigenvalue weighted by Crippen LogP contribution is 2.33. The molecule has 0 radical (unpaired) electrons. The van der Waals surface area contributed by atoms with E-state index in [-0.39, 0.29) is 11.8 Å². The lowest BCUT2D eigenvalue weighted by molar-refractivity contribution is -0.116. The van der Waals surface area contributed by atoms with Gasteiger partial charge in [0.15, 0.2) is 4.34 Å². The van der Waals surface area contributed by atoms with Gasteiger partial charge in [-0.1, -0.05) is 46.7 Å². The lowest BCUT2D eigenvalue weighted by Crippen LogP contribution is -2.11. The second-order valence-corrected chi connectivity index (χ2v) is 10.6. The van der Waals surface area contributed by atoms with E-state index in [1.54, 1.807) is 23.1 Å². The number of hydrogen-bond acceptors (Lipinski definition) is 5. The van der Waals surface area contributed by atoms with E-state index in [4.69, 9.17) is 0 Å². The predicted molar refractivity (Wildman–Crippen MR) is 141 cm³/mol. The van der Waals surface area contributed by atoms with Gasteiger partial charge >= 0.3 is 0 Å². The first-order valence-corrected chi connectivity index (χ1v) is 13.1. The lowest BCUT2D eigenvalue weighted by Gasteiger charge is -2.06. The molecule has 0 fully saturated rings. The predicted octanol–water partition coefficient (Wildman–Crippen LogP) is 7.34. The molecule has 1 heterocycles. The van der Waals surface area contributed by atoms with Crippen molar-refractivity contribution in [2.45, 2.75) is 29.9 Å². The average molecular weight is 541 g/mol. The number of carbonyl (C=O) groups excluding carboxylic acids is 2. The van der Waals surface area contributed by atoms with Gasteiger partial charge in [0.05, 0.1) is 10.2 Å². The zero-order chi connectivity index (χ0) is 23.2. The third kappa shape index (κ3) is 6.43. The summed E-state index contributed by atoms with van der Waals surface area (Å²) in [6.45, 7) is 1.99. The van der Waals surface area contributed by atoms with Gasteiger partial charge in [-0.3, -0.25) is 9.59 Å². The summed E-state index contributed by atoms with van der Waals surface area (Å²) in [7, 11) is 0. The molecule has 0 spiro atoms. The van der Waals surface area contributed by atoms with Crippen molar-refractivity contribution in [2.24, 2.45) is 0 Å². The Morgan fingerprint density at radius 1 is 0.970 bits per heavy atom. The van der Waals surface area contributed by atoms with E-state index in [0.717, 1.165) is 48.1 Å². The lowest BCUT2D eigenvalue weighted by atomic mass is 10.1. The molecule has 4 rings (SSSR count). The van der Waals surface area contributed by atoms with Crippen molar-refractivity contribution >= 4 is 72.4 Å². The molecule has 0 aliphatic heterocycles. The van der Waals surface area contributed by atoms with Crippen molar-refractivity contribution in [1.29, 1.82) is 0 Å². The zero-order valence-corrected chi connectivity index (χ0v) is 21.1. The summed E-state index contributed by atoms with van der Waals surface area (Å²) < 4.78 is 2.99. The maximum atomic E-state index is 12.5. The Labute approximate surface area is 209 Å². The Morgan fingerprint density at radius 2 is 1.70 bits per heavy atom. The Bertz CT molecular complexity index is 1270. The monoisotopic (exact) mass is 539 g/mol. The van der Waals surface area contributed by atoms with Crippen molar-refractivity contribution < 1.29 is 9.59 Å². The molecular weight excluding hydrogens is 518 g/mol. The Morgan fingerprint density at radius 3 is 2.42 bits per heavy atom. The van der Waals surface area contributed by atoms with Crippen molar-refractivity contribution in [3.8, 4) is 0 Å². The smallest absolute Gasteiger partial charge is 0.255 e. The number of amides is 2. The van der Waals surface area contributed by atoms with Crippen LogP contribution in [0.1, 0.15) is 35.7 Å². The fourth-order valence-electron chi connectivity index (χ4n) is 3.13. The second kappa shape index (κ2) is 11.0. The molecule has 0 atom stereocenters. The molecule has 0 aliphatic carbocycles. The first kappa shape index (κ1) is 23.5. The summed E-state index contributed by atoms with van der Waals surface area (Å²) in [5, 5.41) is 5.83. The van der Waals surface area contributed by atoms with Crippen LogP contribution in [-0.4, -0.2) is 16.8 Å². The SMILES string of the molecule is CCCC(=O)Nc1ccc2nc(SCc3ccc(C(=O)Nc4ccc(Br)cc4)cc3)sc2c1. The molecule has 2 amide bonds. The van der Waals surface area contributed by atoms with Gasteiger partial charge in [0.25, 0.3) is 5.91 Å². The Hall–Kier alpha value is -2.68. The quantitative estimate of drug-likeness (QED) is 0.230. The molecular formula is C25H22BrN3O2S2. The molecule has 3 aromatic carbocycles. The van der Waals surface area contributed by atoms with Gasteiger partial charge in [0.2, 0.25) is 5.91 Å². The summed E-state index contributed by atoms with van der Waals surface area (Å²) in [6, 6.07) is 20.9. The van der Waals surface area contributed by atoms with Crippen LogP contribution >= 0.6 is 39.0 Å². The summed E-state index contributed by atoms with van der Waals surface area (Å²) in [5.41, 5.74) is 4.22. The largest absolute Gasteiger partial charge is 0.326 e. The van der Waals surface area contributed by atoms with Gasteiger partial charge < -0.3 is 10.6 Å². The van der Waals surface area contributed by atoms with E-state index in [9.17, 15) is 9.59 Å². The molecule has 1 aromatic heterocycles. The van der Waals surface area contributed by atoms with Crippen LogP contribution in [0, 0.1) is 0 Å². The minimum absolute atomic E-state index is 0.0323. The van der Waals surface area contributed by atoms with Crippen LogP contribution in [0.25, 0.3) is 10.2 Å². The van der Waals surface area contributed by atoms with Crippen LogP contribution in [0.15, 0.2) is 75.5 Å². The summed E-state index contributed by atoms with van der Waals surface area (Å²) in [6.07, 6.45) is 1.35. The number of hydrogen-bond donors (Lipinski definition) is 2. The van der Waals surface area contributed by atoms with E-state index in [1.807, 2.05) is 73.7 Å². The van der Waals surface area contributed by atoms with Gasteiger partial charge in [0.1, 0.15) is 0 Å². The molecule has 0 bridgehead atoms. The van der Waals surface area contributed by atoms with E-state index < -0.39 is 0 Å². The van der Waals surface area contributed by atoms with Gasteiger partial charge in [-0.15, -0.1) is 11.3 Å². The highest BCUT2D eigenvalue weighted by atomic mass is 79.9. The fourth-order valence-corrected chi connectivity index (χ4v) is 5.46. The number of thiazole rings is 1. The summed E-state index contributed by atoms with van der Waals surface area (Å²) in [5.74, 6) is 0.656. The maximum Gasteiger partial charge on any atom is 0.255 e. The first-order valence-electron chi connectivity index (χ1n) is 10.5. The molecule has 0 aliphatic rings. The van der Waals surface area contributed by atoms with Crippen molar-refractivity contribution in [3.05, 3.63) is 82.3 Å². The Balaban J connectivity index is 1.35. The highest BCUT2D eigenvalue weighted by molar-refractivity contribution is 9.10. The summed E-state index contributed by atoms with van der Waals surface area (Å²) >= 11 is 6.66. The standard InChI is InChI=1S/C25H22BrN3O2S2/c1-2-3-23(30)27-20-12-13-21-22(14-20)33-25(29-21)32-15-16-4-6-17(7-5-16)24(31)28-19-10-8-18(26)9-11-19/h4-14H,2-3,15H2,1H3,(H,27,30)(H,28,31). The minimum Gasteiger partial charge on any atom is -0.326 e. The maximum absolute atomic E-state index is 12.5. The third-order valence-electron chi connectivity index (χ3n) is 4.81. The van der Waals surface area contributed by atoms with Crippen LogP contribution in [0.5, 0.6) is 0 Å². The normalized spacial score (nSPS) is 10.8. The number of fused-ring (bicyclic) bond motifs is 1. The van der Waals surface area contributed by atoms with Crippen LogP contribution in [0.3, 0.4) is 0 Å². The molecule has 33 heavy (non-hydrogen) atoms. The van der Waals surface area contributed by atoms with E-state index in [0.29, 0.717) is 12.0 Å². The van der Waals surface area contributed by atoms with Crippen molar-refractivity contribution in [1.82, 2.24) is 4.98 Å². The molecule has 2 N–H and O–H groups in total. The number of rotatable bonds is 8. The van der Waals surface area contributed by atoms with Crippen LogP contribution in [0.4, 0.5) is 11.4 Å². The van der Waals surface area contributed by atoms with E-state index in [2.05, 4.69) is 31.5 Å². The first-order chi connectivity index (χ1) is 16.0. The van der Waals surface area contributed by atoms with Gasteiger partial charge in [-0.05, 0) is 66.6 Å². The zero-order valence-electron chi connectivity index (χ0n) is 17.9. The van der Waals surface area contributed by atoms with Gasteiger partial charge in [-0.25, -0.2) is 4.98 Å². The number of anilines is 2. The van der Waals surface area contributed by atoms with Gasteiger partial charge in [0, 0.05) is 33.6 Å². The van der Waals surface area contributed by atoms with Crippen molar-refractivity contribution in [2.75, 3.05) is 10.6 Å². The molecule has 0 saturated carbocycles. The van der Waals surface area contributed by atoms with Crippen LogP contribution < -0.4 is 10.6 Å². The highest BCUT2D eigenvalue weighted by Gasteiger charge is 2.09. The second-order valence-electron chi connectivity index (χ2n) is 7.41. The molecule has 4 aromatic rings. The number of nitrogens with one attached hydrogen (secondary N) is 2. The number of thioether (sulfide) groups is 1.